The van der Waals surface area contributed by atoms with Crippen molar-refractivity contribution in [1.82, 2.24) is 0 Å². The minimum absolute atomic E-state index is 0. The molecule has 0 aliphatic heterocycles. The molecular weight excluding hydrogens is 382 g/mol. The number of hydrogen-bond donors (Lipinski definition) is 0. The van der Waals surface area contributed by atoms with E-state index in [0.29, 0.717) is 0 Å². The monoisotopic (exact) mass is 400 g/mol. The molecule has 1 unspecified atom stereocenters. The van der Waals surface area contributed by atoms with E-state index in [4.69, 9.17) is 9.05 Å². The van der Waals surface area contributed by atoms with Crippen LogP contribution in [0.15, 0.2) is 72.8 Å². The molecule has 4 aromatic carbocycles. The summed E-state index contributed by atoms with van der Waals surface area (Å²) >= 11 is 0. The maximum absolute atomic E-state index is 12.4. The molecule has 0 aromatic heterocycles. The molecule has 0 saturated carbocycles. The van der Waals surface area contributed by atoms with Crippen LogP contribution in [0.1, 0.15) is 6.92 Å². The molecule has 136 valence electrons. The Morgan fingerprint density at radius 3 is 2.29 bits per heavy atom. The van der Waals surface area contributed by atoms with Gasteiger partial charge in [0.05, 0.1) is 6.61 Å². The van der Waals surface area contributed by atoms with Crippen LogP contribution in [-0.4, -0.2) is 6.61 Å². The summed E-state index contributed by atoms with van der Waals surface area (Å²) in [5.74, 6) is -0.274. The Kier molecular flexibility index (Phi) is 6.82. The van der Waals surface area contributed by atoms with Gasteiger partial charge in [-0.25, -0.2) is 4.57 Å². The summed E-state index contributed by atoms with van der Waals surface area (Å²) in [6.45, 7) is 1.99. The van der Waals surface area contributed by atoms with Crippen molar-refractivity contribution in [3.05, 3.63) is 72.8 Å². The number of rotatable bonds is 5. The predicted octanol–water partition coefficient (Wildman–Crippen LogP) is 2.54. The second kappa shape index (κ2) is 9.13. The van der Waals surface area contributed by atoms with Crippen molar-refractivity contribution in [3.63, 3.8) is 0 Å². The zero-order valence-electron chi connectivity index (χ0n) is 15.8. The predicted molar refractivity (Wildman–Crippen MR) is 108 cm³/mol. The Hall–Kier alpha value is -1.81. The molecule has 0 spiro atoms. The molecule has 0 heterocycles. The Morgan fingerprint density at radius 1 is 0.893 bits per heavy atom. The van der Waals surface area contributed by atoms with E-state index in [0.717, 1.165) is 27.3 Å². The fraction of sp³-hybridized carbons (Fsp3) is 0.0909. The molecule has 0 N–H and O–H groups in total. The van der Waals surface area contributed by atoms with Crippen LogP contribution in [-0.2, 0) is 9.09 Å². The number of hydrogen-bond acceptors (Lipinski definition) is 4. The van der Waals surface area contributed by atoms with Crippen molar-refractivity contribution < 1.29 is 48.3 Å². The summed E-state index contributed by atoms with van der Waals surface area (Å²) in [5, 5.41) is 17.0. The van der Waals surface area contributed by atoms with Crippen molar-refractivity contribution in [3.8, 4) is 22.6 Å². The maximum atomic E-state index is 12.4. The van der Waals surface area contributed by atoms with Crippen molar-refractivity contribution in [2.24, 2.45) is 0 Å². The van der Waals surface area contributed by atoms with E-state index in [1.165, 1.54) is 11.5 Å². The summed E-state index contributed by atoms with van der Waals surface area (Å²) in [5.41, 5.74) is 1.77. The van der Waals surface area contributed by atoms with Gasteiger partial charge in [-0.2, -0.15) is 0 Å². The Labute approximate surface area is 186 Å². The van der Waals surface area contributed by atoms with E-state index in [9.17, 15) is 9.67 Å². The molecule has 0 aliphatic rings. The van der Waals surface area contributed by atoms with Gasteiger partial charge in [0.25, 0.3) is 0 Å². The molecule has 0 amide bonds. The van der Waals surface area contributed by atoms with E-state index in [2.05, 4.69) is 30.3 Å². The smallest absolute Gasteiger partial charge is 0.870 e. The minimum atomic E-state index is -2.70. The van der Waals surface area contributed by atoms with Gasteiger partial charge in [0.1, 0.15) is 5.75 Å². The molecule has 6 heteroatoms. The van der Waals surface area contributed by atoms with Crippen molar-refractivity contribution in [2.45, 2.75) is 6.92 Å². The summed E-state index contributed by atoms with van der Waals surface area (Å²) in [6, 6.07) is 23.3. The summed E-state index contributed by atoms with van der Waals surface area (Å²) in [6.07, 6.45) is 0. The third-order valence-electron chi connectivity index (χ3n) is 4.48. The van der Waals surface area contributed by atoms with Crippen LogP contribution in [0.3, 0.4) is 0 Å². The Balaban J connectivity index is 0.00000225. The molecule has 0 saturated heterocycles. The van der Waals surface area contributed by atoms with Crippen LogP contribution in [0.2, 0.25) is 0 Å². The first kappa shape index (κ1) is 20.9. The largest absolute Gasteiger partial charge is 1.00 e. The first-order valence-electron chi connectivity index (χ1n) is 8.74. The molecule has 4 aromatic rings. The van der Waals surface area contributed by atoms with Crippen LogP contribution in [0.4, 0.5) is 0 Å². The van der Waals surface area contributed by atoms with Crippen LogP contribution >= 0.6 is 8.25 Å². The van der Waals surface area contributed by atoms with Gasteiger partial charge in [-0.15, -0.1) is 0 Å². The molecule has 4 nitrogen and oxygen atoms in total. The zero-order valence-corrected chi connectivity index (χ0v) is 18.8. The third kappa shape index (κ3) is 4.12. The van der Waals surface area contributed by atoms with Gasteiger partial charge in [-0.3, -0.25) is 0 Å². The van der Waals surface area contributed by atoms with Gasteiger partial charge in [-0.05, 0) is 51.7 Å². The minimum Gasteiger partial charge on any atom is -0.870 e. The number of benzene rings is 4. The SMILES string of the molecule is CCO[PH](=O)Oc1ccc(-c2cc3ccccc3c3ccccc23)cc1[O-].[Na+]. The standard InChI is InChI=1S/C22H19O4P.Na/c1-2-25-27(24)26-22-12-11-16(14-21(22)23)20-13-15-7-3-4-8-17(15)18-9-5-6-10-19(18)20;/h3-14,23,27H,2H2,1H3;/q;+1/p-1. The molecule has 0 fully saturated rings. The van der Waals surface area contributed by atoms with Gasteiger partial charge in [-0.1, -0.05) is 66.4 Å². The molecule has 28 heavy (non-hydrogen) atoms. The summed E-state index contributed by atoms with van der Waals surface area (Å²) in [7, 11) is -2.70. The number of fused-ring (bicyclic) bond motifs is 3. The van der Waals surface area contributed by atoms with Crippen molar-refractivity contribution >= 4 is 29.8 Å². The fourth-order valence-corrected chi connectivity index (χ4v) is 3.93. The molecule has 4 rings (SSSR count). The topological polar surface area (TPSA) is 58.6 Å². The van der Waals surface area contributed by atoms with Crippen LogP contribution in [0, 0.1) is 0 Å². The van der Waals surface area contributed by atoms with E-state index in [1.54, 1.807) is 13.0 Å². The Bertz CT molecular complexity index is 1160. The van der Waals surface area contributed by atoms with E-state index < -0.39 is 8.25 Å². The maximum Gasteiger partial charge on any atom is 1.00 e. The quantitative estimate of drug-likeness (QED) is 0.294. The van der Waals surface area contributed by atoms with Gasteiger partial charge in [0.15, 0.2) is 0 Å². The van der Waals surface area contributed by atoms with Crippen LogP contribution in [0.5, 0.6) is 11.5 Å². The van der Waals surface area contributed by atoms with E-state index in [-0.39, 0.29) is 47.7 Å². The first-order valence-corrected chi connectivity index (χ1v) is 9.96. The van der Waals surface area contributed by atoms with Gasteiger partial charge in [0.2, 0.25) is 0 Å². The van der Waals surface area contributed by atoms with E-state index in [1.807, 2.05) is 30.3 Å². The van der Waals surface area contributed by atoms with Crippen molar-refractivity contribution in [1.29, 1.82) is 0 Å². The zero-order chi connectivity index (χ0) is 18.8. The summed E-state index contributed by atoms with van der Waals surface area (Å²) < 4.78 is 21.7. The average molecular weight is 400 g/mol. The molecule has 0 radical (unpaired) electrons. The molecule has 1 atom stereocenters. The summed E-state index contributed by atoms with van der Waals surface area (Å²) in [4.78, 5) is 0. The Morgan fingerprint density at radius 2 is 1.57 bits per heavy atom. The average Bonchev–Trinajstić information content (AvgIpc) is 2.69. The fourth-order valence-electron chi connectivity index (χ4n) is 3.29. The first-order chi connectivity index (χ1) is 13.2. The van der Waals surface area contributed by atoms with Gasteiger partial charge in [0, 0.05) is 0 Å². The normalized spacial score (nSPS) is 11.9. The second-order valence-electron chi connectivity index (χ2n) is 6.14. The molecule has 0 aliphatic carbocycles. The van der Waals surface area contributed by atoms with Gasteiger partial charge < -0.3 is 14.2 Å². The molecule has 0 bridgehead atoms. The van der Waals surface area contributed by atoms with Crippen LogP contribution in [0.25, 0.3) is 32.7 Å². The third-order valence-corrected chi connectivity index (χ3v) is 5.39. The van der Waals surface area contributed by atoms with Crippen molar-refractivity contribution in [2.75, 3.05) is 6.61 Å². The van der Waals surface area contributed by atoms with E-state index >= 15 is 0 Å². The van der Waals surface area contributed by atoms with Crippen LogP contribution < -0.4 is 39.2 Å². The van der Waals surface area contributed by atoms with Gasteiger partial charge >= 0.3 is 37.8 Å². The molecular formula is C22H18NaO4P. The second-order valence-corrected chi connectivity index (χ2v) is 7.13.